The van der Waals surface area contributed by atoms with E-state index in [0.717, 1.165) is 0 Å². The molecule has 0 saturated carbocycles. The number of carbonyl (C=O) groups excluding carboxylic acids is 1. The molecule has 1 aromatic rings. The van der Waals surface area contributed by atoms with E-state index in [1.165, 1.54) is 0 Å². The van der Waals surface area contributed by atoms with Gasteiger partial charge in [0.15, 0.2) is 0 Å². The van der Waals surface area contributed by atoms with Crippen molar-refractivity contribution in [3.8, 4) is 0 Å². The van der Waals surface area contributed by atoms with Gasteiger partial charge in [0.1, 0.15) is 0 Å². The van der Waals surface area contributed by atoms with Crippen LogP contribution in [0.1, 0.15) is 37.6 Å². The normalized spacial score (nSPS) is 13.2. The Kier molecular flexibility index (Phi) is 4.70. The van der Waals surface area contributed by atoms with Gasteiger partial charge in [-0.05, 0) is 24.0 Å². The van der Waals surface area contributed by atoms with Crippen LogP contribution in [-0.4, -0.2) is 23.7 Å². The molecule has 1 aromatic carbocycles. The van der Waals surface area contributed by atoms with Crippen LogP contribution in [0.5, 0.6) is 0 Å². The summed E-state index contributed by atoms with van der Waals surface area (Å²) < 4.78 is 0. The zero-order valence-electron chi connectivity index (χ0n) is 10.7. The van der Waals surface area contributed by atoms with Crippen molar-refractivity contribution in [2.24, 2.45) is 5.41 Å². The predicted octanol–water partition coefficient (Wildman–Crippen LogP) is 2.21. The smallest absolute Gasteiger partial charge is 0.251 e. The maximum atomic E-state index is 11.7. The number of carbonyl (C=O) groups is 1. The molecule has 3 heteroatoms. The summed E-state index contributed by atoms with van der Waals surface area (Å²) in [5, 5.41) is 12.5. The van der Waals surface area contributed by atoms with Gasteiger partial charge in [-0.3, -0.25) is 4.79 Å². The highest BCUT2D eigenvalue weighted by molar-refractivity contribution is 5.94. The topological polar surface area (TPSA) is 49.3 Å². The first-order chi connectivity index (χ1) is 7.88. The van der Waals surface area contributed by atoms with E-state index in [0.29, 0.717) is 18.5 Å². The SMILES string of the molecule is CC(C)(C)CC(O)CNC(=O)c1ccccc1. The number of amides is 1. The Bertz CT molecular complexity index is 354. The van der Waals surface area contributed by atoms with E-state index >= 15 is 0 Å². The lowest BCUT2D eigenvalue weighted by atomic mass is 9.89. The molecule has 2 N–H and O–H groups in total. The molecule has 0 aliphatic carbocycles. The third kappa shape index (κ3) is 5.50. The molecule has 1 amide bonds. The lowest BCUT2D eigenvalue weighted by molar-refractivity contribution is 0.0868. The molecular weight excluding hydrogens is 214 g/mol. The molecule has 0 heterocycles. The number of rotatable bonds is 4. The lowest BCUT2D eigenvalue weighted by Crippen LogP contribution is -2.34. The second-order valence-electron chi connectivity index (χ2n) is 5.49. The molecule has 3 nitrogen and oxygen atoms in total. The predicted molar refractivity (Wildman–Crippen MR) is 68.9 cm³/mol. The van der Waals surface area contributed by atoms with Gasteiger partial charge in [0.25, 0.3) is 5.91 Å². The standard InChI is InChI=1S/C14H21NO2/c1-14(2,3)9-12(16)10-15-13(17)11-7-5-4-6-8-11/h4-8,12,16H,9-10H2,1-3H3,(H,15,17). The molecule has 17 heavy (non-hydrogen) atoms. The quantitative estimate of drug-likeness (QED) is 0.840. The van der Waals surface area contributed by atoms with Crippen molar-refractivity contribution in [2.45, 2.75) is 33.3 Å². The van der Waals surface area contributed by atoms with Crippen molar-refractivity contribution in [1.29, 1.82) is 0 Å². The minimum atomic E-state index is -0.498. The Labute approximate surface area is 103 Å². The van der Waals surface area contributed by atoms with Gasteiger partial charge in [0.05, 0.1) is 6.10 Å². The summed E-state index contributed by atoms with van der Waals surface area (Å²) in [6.07, 6.45) is 0.171. The molecule has 0 saturated heterocycles. The Balaban J connectivity index is 2.39. The first kappa shape index (κ1) is 13.7. The number of aliphatic hydroxyl groups is 1. The van der Waals surface area contributed by atoms with Gasteiger partial charge in [0.2, 0.25) is 0 Å². The second kappa shape index (κ2) is 5.82. The molecule has 0 radical (unpaired) electrons. The van der Waals surface area contributed by atoms with Gasteiger partial charge in [-0.25, -0.2) is 0 Å². The van der Waals surface area contributed by atoms with Crippen molar-refractivity contribution >= 4 is 5.91 Å². The maximum Gasteiger partial charge on any atom is 0.251 e. The van der Waals surface area contributed by atoms with Crippen LogP contribution in [0.15, 0.2) is 30.3 Å². The van der Waals surface area contributed by atoms with Crippen molar-refractivity contribution in [1.82, 2.24) is 5.32 Å². The number of hydrogen-bond acceptors (Lipinski definition) is 2. The van der Waals surface area contributed by atoms with E-state index in [9.17, 15) is 9.90 Å². The van der Waals surface area contributed by atoms with Crippen LogP contribution in [0, 0.1) is 5.41 Å². The highest BCUT2D eigenvalue weighted by Gasteiger charge is 2.17. The Morgan fingerprint density at radius 3 is 2.41 bits per heavy atom. The van der Waals surface area contributed by atoms with E-state index in [2.05, 4.69) is 26.1 Å². The third-order valence-corrected chi connectivity index (χ3v) is 2.38. The van der Waals surface area contributed by atoms with Crippen LogP contribution in [0.3, 0.4) is 0 Å². The van der Waals surface area contributed by atoms with Crippen LogP contribution in [-0.2, 0) is 0 Å². The molecule has 1 unspecified atom stereocenters. The summed E-state index contributed by atoms with van der Waals surface area (Å²) in [5.74, 6) is -0.140. The molecule has 0 aliphatic heterocycles. The van der Waals surface area contributed by atoms with E-state index in [4.69, 9.17) is 0 Å². The summed E-state index contributed by atoms with van der Waals surface area (Å²) in [6.45, 7) is 6.49. The minimum Gasteiger partial charge on any atom is -0.391 e. The summed E-state index contributed by atoms with van der Waals surface area (Å²) >= 11 is 0. The summed E-state index contributed by atoms with van der Waals surface area (Å²) in [4.78, 5) is 11.7. The third-order valence-electron chi connectivity index (χ3n) is 2.38. The average Bonchev–Trinajstić information content (AvgIpc) is 2.25. The van der Waals surface area contributed by atoms with Crippen LogP contribution >= 0.6 is 0 Å². The summed E-state index contributed by atoms with van der Waals surface area (Å²) in [6, 6.07) is 9.02. The average molecular weight is 235 g/mol. The first-order valence-electron chi connectivity index (χ1n) is 5.90. The summed E-state index contributed by atoms with van der Waals surface area (Å²) in [5.41, 5.74) is 0.687. The van der Waals surface area contributed by atoms with Crippen molar-refractivity contribution in [2.75, 3.05) is 6.54 Å². The fourth-order valence-electron chi connectivity index (χ4n) is 1.68. The van der Waals surface area contributed by atoms with Crippen LogP contribution < -0.4 is 5.32 Å². The van der Waals surface area contributed by atoms with Gasteiger partial charge >= 0.3 is 0 Å². The second-order valence-corrected chi connectivity index (χ2v) is 5.49. The van der Waals surface area contributed by atoms with Gasteiger partial charge in [-0.1, -0.05) is 39.0 Å². The van der Waals surface area contributed by atoms with Crippen LogP contribution in [0.4, 0.5) is 0 Å². The molecular formula is C14H21NO2. The number of nitrogens with one attached hydrogen (secondary N) is 1. The zero-order chi connectivity index (χ0) is 12.9. The van der Waals surface area contributed by atoms with Crippen molar-refractivity contribution in [3.63, 3.8) is 0 Å². The first-order valence-corrected chi connectivity index (χ1v) is 5.90. The Hall–Kier alpha value is -1.35. The monoisotopic (exact) mass is 235 g/mol. The lowest BCUT2D eigenvalue weighted by Gasteiger charge is -2.22. The Morgan fingerprint density at radius 2 is 1.88 bits per heavy atom. The van der Waals surface area contributed by atoms with Gasteiger partial charge in [0, 0.05) is 12.1 Å². The maximum absolute atomic E-state index is 11.7. The minimum absolute atomic E-state index is 0.0664. The molecule has 1 atom stereocenters. The van der Waals surface area contributed by atoms with E-state index in [1.54, 1.807) is 12.1 Å². The fraction of sp³-hybridized carbons (Fsp3) is 0.500. The highest BCUT2D eigenvalue weighted by atomic mass is 16.3. The van der Waals surface area contributed by atoms with Crippen molar-refractivity contribution < 1.29 is 9.90 Å². The van der Waals surface area contributed by atoms with Gasteiger partial charge in [-0.2, -0.15) is 0 Å². The van der Waals surface area contributed by atoms with Crippen molar-refractivity contribution in [3.05, 3.63) is 35.9 Å². The molecule has 1 rings (SSSR count). The summed E-state index contributed by atoms with van der Waals surface area (Å²) in [7, 11) is 0. The van der Waals surface area contributed by atoms with E-state index < -0.39 is 6.10 Å². The molecule has 0 spiro atoms. The molecule has 0 aromatic heterocycles. The Morgan fingerprint density at radius 1 is 1.29 bits per heavy atom. The zero-order valence-corrected chi connectivity index (χ0v) is 10.7. The van der Waals surface area contributed by atoms with Gasteiger partial charge in [-0.15, -0.1) is 0 Å². The molecule has 0 aliphatic rings. The number of hydrogen-bond donors (Lipinski definition) is 2. The number of aliphatic hydroxyl groups excluding tert-OH is 1. The highest BCUT2D eigenvalue weighted by Crippen LogP contribution is 2.20. The molecule has 94 valence electrons. The van der Waals surface area contributed by atoms with Crippen LogP contribution in [0.25, 0.3) is 0 Å². The largest absolute Gasteiger partial charge is 0.391 e. The van der Waals surface area contributed by atoms with E-state index in [1.807, 2.05) is 18.2 Å². The fourth-order valence-corrected chi connectivity index (χ4v) is 1.68. The molecule has 0 bridgehead atoms. The number of benzene rings is 1. The van der Waals surface area contributed by atoms with E-state index in [-0.39, 0.29) is 11.3 Å². The van der Waals surface area contributed by atoms with Gasteiger partial charge < -0.3 is 10.4 Å². The molecule has 0 fully saturated rings. The van der Waals surface area contributed by atoms with Crippen LogP contribution in [0.2, 0.25) is 0 Å².